The number of hydrogen-bond acceptors (Lipinski definition) is 3. The summed E-state index contributed by atoms with van der Waals surface area (Å²) in [6, 6.07) is 7.20. The molecule has 4 rings (SSSR count). The van der Waals surface area contributed by atoms with Gasteiger partial charge in [-0.3, -0.25) is 9.78 Å². The molecule has 0 radical (unpaired) electrons. The van der Waals surface area contributed by atoms with Crippen molar-refractivity contribution in [2.24, 2.45) is 11.8 Å². The van der Waals surface area contributed by atoms with Gasteiger partial charge in [-0.15, -0.1) is 0 Å². The summed E-state index contributed by atoms with van der Waals surface area (Å²) in [4.78, 5) is 17.1. The fourth-order valence-electron chi connectivity index (χ4n) is 4.94. The predicted molar refractivity (Wildman–Crippen MR) is 110 cm³/mol. The molecule has 2 aromatic rings. The zero-order valence-corrected chi connectivity index (χ0v) is 16.6. The van der Waals surface area contributed by atoms with Gasteiger partial charge in [-0.2, -0.15) is 0 Å². The van der Waals surface area contributed by atoms with E-state index in [1.807, 2.05) is 12.3 Å². The Morgan fingerprint density at radius 3 is 2.64 bits per heavy atom. The Bertz CT molecular complexity index is 826. The number of carbonyl (C=O) groups is 1. The van der Waals surface area contributed by atoms with Crippen LogP contribution in [0.4, 0.5) is 4.39 Å². The van der Waals surface area contributed by atoms with Crippen LogP contribution in [-0.2, 0) is 4.79 Å². The molecule has 1 atom stereocenters. The summed E-state index contributed by atoms with van der Waals surface area (Å²) < 4.78 is 13.8. The molecular formula is C23H30FN3O. The fraction of sp³-hybridized carbons (Fsp3) is 0.565. The number of hydrogen-bond donors (Lipinski definition) is 2. The van der Waals surface area contributed by atoms with Gasteiger partial charge in [-0.1, -0.05) is 6.92 Å². The normalized spacial score (nSPS) is 24.8. The van der Waals surface area contributed by atoms with Crippen molar-refractivity contribution < 1.29 is 9.18 Å². The third-order valence-corrected chi connectivity index (χ3v) is 6.76. The molecule has 0 bridgehead atoms. The first-order valence-corrected chi connectivity index (χ1v) is 10.7. The number of halogens is 1. The first kappa shape index (κ1) is 19.3. The highest BCUT2D eigenvalue weighted by Gasteiger charge is 2.31. The standard InChI is InChI=1S/C23H30FN3O/c1-15(23(28)27-19-8-11-25-12-9-19)16-2-4-17(5-3-16)20-10-13-26-22-7-6-18(24)14-21(20)22/h6-7,10,13-17,19,25H,2-5,8-9,11-12H2,1H3,(H,27,28)/t15-,16-,17+/m1/s1. The lowest BCUT2D eigenvalue weighted by Crippen LogP contribution is -2.45. The van der Waals surface area contributed by atoms with Crippen molar-refractivity contribution in [2.45, 2.75) is 57.4 Å². The van der Waals surface area contributed by atoms with E-state index in [2.05, 4.69) is 22.5 Å². The Morgan fingerprint density at radius 1 is 1.14 bits per heavy atom. The second-order valence-electron chi connectivity index (χ2n) is 8.49. The molecule has 1 amide bonds. The van der Waals surface area contributed by atoms with Crippen molar-refractivity contribution in [1.82, 2.24) is 15.6 Å². The fourth-order valence-corrected chi connectivity index (χ4v) is 4.94. The number of nitrogens with zero attached hydrogens (tertiary/aromatic N) is 1. The molecule has 2 N–H and O–H groups in total. The SMILES string of the molecule is C[C@@H](C(=O)NC1CCNCC1)[C@H]1CC[C@@H](c2ccnc3ccc(F)cc32)CC1. The summed E-state index contributed by atoms with van der Waals surface area (Å²) in [5.41, 5.74) is 2.06. The van der Waals surface area contributed by atoms with Crippen LogP contribution in [0.5, 0.6) is 0 Å². The van der Waals surface area contributed by atoms with Crippen molar-refractivity contribution in [3.63, 3.8) is 0 Å². The molecular weight excluding hydrogens is 353 g/mol. The number of nitrogens with one attached hydrogen (secondary N) is 2. The van der Waals surface area contributed by atoms with E-state index in [-0.39, 0.29) is 17.6 Å². The van der Waals surface area contributed by atoms with Gasteiger partial charge in [0.05, 0.1) is 5.52 Å². The second kappa shape index (κ2) is 8.56. The van der Waals surface area contributed by atoms with Gasteiger partial charge in [-0.05, 0) is 93.3 Å². The smallest absolute Gasteiger partial charge is 0.223 e. The van der Waals surface area contributed by atoms with Crippen LogP contribution in [0.2, 0.25) is 0 Å². The van der Waals surface area contributed by atoms with Crippen LogP contribution in [0.25, 0.3) is 10.9 Å². The molecule has 0 spiro atoms. The number of carbonyl (C=O) groups excluding carboxylic acids is 1. The minimum absolute atomic E-state index is 0.0578. The van der Waals surface area contributed by atoms with Gasteiger partial charge < -0.3 is 10.6 Å². The number of aromatic nitrogens is 1. The molecule has 28 heavy (non-hydrogen) atoms. The Kier molecular flexibility index (Phi) is 5.90. The largest absolute Gasteiger partial charge is 0.353 e. The highest BCUT2D eigenvalue weighted by Crippen LogP contribution is 2.40. The molecule has 2 aliphatic rings. The van der Waals surface area contributed by atoms with E-state index in [0.717, 1.165) is 62.5 Å². The first-order valence-electron chi connectivity index (χ1n) is 10.7. The van der Waals surface area contributed by atoms with E-state index in [1.165, 1.54) is 11.6 Å². The lowest BCUT2D eigenvalue weighted by molar-refractivity contribution is -0.127. The maximum Gasteiger partial charge on any atom is 0.223 e. The average molecular weight is 384 g/mol. The van der Waals surface area contributed by atoms with Crippen molar-refractivity contribution in [3.8, 4) is 0 Å². The van der Waals surface area contributed by atoms with Crippen molar-refractivity contribution >= 4 is 16.8 Å². The molecule has 1 saturated carbocycles. The van der Waals surface area contributed by atoms with Gasteiger partial charge in [-0.25, -0.2) is 4.39 Å². The van der Waals surface area contributed by atoms with Gasteiger partial charge in [0.2, 0.25) is 5.91 Å². The number of amides is 1. The molecule has 2 fully saturated rings. The lowest BCUT2D eigenvalue weighted by atomic mass is 9.73. The molecule has 1 aliphatic heterocycles. The van der Waals surface area contributed by atoms with E-state index in [1.54, 1.807) is 12.1 Å². The Hall–Kier alpha value is -2.01. The van der Waals surface area contributed by atoms with E-state index in [9.17, 15) is 9.18 Å². The Morgan fingerprint density at radius 2 is 1.89 bits per heavy atom. The minimum Gasteiger partial charge on any atom is -0.353 e. The molecule has 150 valence electrons. The highest BCUT2D eigenvalue weighted by molar-refractivity contribution is 5.82. The molecule has 1 aliphatic carbocycles. The second-order valence-corrected chi connectivity index (χ2v) is 8.49. The molecule has 2 heterocycles. The summed E-state index contributed by atoms with van der Waals surface area (Å²) in [5, 5.41) is 7.53. The van der Waals surface area contributed by atoms with Gasteiger partial charge >= 0.3 is 0 Å². The molecule has 5 heteroatoms. The van der Waals surface area contributed by atoms with Crippen LogP contribution in [-0.4, -0.2) is 30.0 Å². The quantitative estimate of drug-likeness (QED) is 0.834. The summed E-state index contributed by atoms with van der Waals surface area (Å²) in [5.74, 6) is 0.916. The molecule has 1 aromatic heterocycles. The van der Waals surface area contributed by atoms with Crippen LogP contribution in [0.3, 0.4) is 0 Å². The molecule has 0 unspecified atom stereocenters. The lowest BCUT2D eigenvalue weighted by Gasteiger charge is -2.33. The van der Waals surface area contributed by atoms with Gasteiger partial charge in [0.25, 0.3) is 0 Å². The summed E-state index contributed by atoms with van der Waals surface area (Å²) in [6.07, 6.45) is 8.07. The number of benzene rings is 1. The monoisotopic (exact) mass is 383 g/mol. The zero-order chi connectivity index (χ0) is 19.5. The Balaban J connectivity index is 1.38. The van der Waals surface area contributed by atoms with Crippen molar-refractivity contribution in [3.05, 3.63) is 41.8 Å². The maximum absolute atomic E-state index is 13.8. The van der Waals surface area contributed by atoms with Crippen LogP contribution in [0.15, 0.2) is 30.5 Å². The van der Waals surface area contributed by atoms with Crippen molar-refractivity contribution in [1.29, 1.82) is 0 Å². The van der Waals surface area contributed by atoms with Crippen LogP contribution < -0.4 is 10.6 Å². The van der Waals surface area contributed by atoms with Gasteiger partial charge in [0, 0.05) is 23.5 Å². The molecule has 1 saturated heterocycles. The summed E-state index contributed by atoms with van der Waals surface area (Å²) in [7, 11) is 0. The molecule has 4 nitrogen and oxygen atoms in total. The van der Waals surface area contributed by atoms with Crippen LogP contribution >= 0.6 is 0 Å². The molecule has 1 aromatic carbocycles. The first-order chi connectivity index (χ1) is 13.6. The van der Waals surface area contributed by atoms with E-state index >= 15 is 0 Å². The van der Waals surface area contributed by atoms with Crippen LogP contribution in [0, 0.1) is 17.7 Å². The summed E-state index contributed by atoms with van der Waals surface area (Å²) in [6.45, 7) is 4.06. The highest BCUT2D eigenvalue weighted by atomic mass is 19.1. The summed E-state index contributed by atoms with van der Waals surface area (Å²) >= 11 is 0. The van der Waals surface area contributed by atoms with E-state index < -0.39 is 0 Å². The zero-order valence-electron chi connectivity index (χ0n) is 16.6. The number of piperidine rings is 1. The minimum atomic E-state index is -0.210. The number of rotatable bonds is 4. The van der Waals surface area contributed by atoms with Gasteiger partial charge in [0.1, 0.15) is 5.82 Å². The maximum atomic E-state index is 13.8. The third-order valence-electron chi connectivity index (χ3n) is 6.76. The average Bonchev–Trinajstić information content (AvgIpc) is 2.73. The third kappa shape index (κ3) is 4.19. The number of pyridine rings is 1. The van der Waals surface area contributed by atoms with Gasteiger partial charge in [0.15, 0.2) is 0 Å². The Labute approximate surface area is 166 Å². The topological polar surface area (TPSA) is 54.0 Å². The van der Waals surface area contributed by atoms with E-state index in [4.69, 9.17) is 0 Å². The van der Waals surface area contributed by atoms with Crippen LogP contribution in [0.1, 0.15) is 56.9 Å². The predicted octanol–water partition coefficient (Wildman–Crippen LogP) is 4.15. The van der Waals surface area contributed by atoms with E-state index in [0.29, 0.717) is 17.9 Å². The number of fused-ring (bicyclic) bond motifs is 1. The van der Waals surface area contributed by atoms with Crippen molar-refractivity contribution in [2.75, 3.05) is 13.1 Å².